The first-order valence-electron chi connectivity index (χ1n) is 7.64. The predicted octanol–water partition coefficient (Wildman–Crippen LogP) is 4.39. The summed E-state index contributed by atoms with van der Waals surface area (Å²) in [6.07, 6.45) is 8.39. The van der Waals surface area contributed by atoms with Gasteiger partial charge in [-0.1, -0.05) is 37.3 Å². The van der Waals surface area contributed by atoms with E-state index in [-0.39, 0.29) is 0 Å². The van der Waals surface area contributed by atoms with Gasteiger partial charge in [0.2, 0.25) is 0 Å². The average Bonchev–Trinajstić information content (AvgIpc) is 2.48. The van der Waals surface area contributed by atoms with E-state index in [1.807, 2.05) is 12.4 Å². The molecule has 0 saturated carbocycles. The van der Waals surface area contributed by atoms with Crippen LogP contribution in [0.25, 0.3) is 0 Å². The minimum absolute atomic E-state index is 0.523. The van der Waals surface area contributed by atoms with Gasteiger partial charge >= 0.3 is 0 Å². The molecule has 0 radical (unpaired) electrons. The van der Waals surface area contributed by atoms with E-state index in [1.165, 1.54) is 24.0 Å². The molecule has 0 spiro atoms. The lowest BCUT2D eigenvalue weighted by atomic mass is 10.00. The number of halogens is 1. The van der Waals surface area contributed by atoms with Gasteiger partial charge in [-0.15, -0.1) is 0 Å². The van der Waals surface area contributed by atoms with Gasteiger partial charge in [0, 0.05) is 22.9 Å². The Morgan fingerprint density at radius 3 is 2.67 bits per heavy atom. The van der Waals surface area contributed by atoms with Crippen molar-refractivity contribution in [1.82, 2.24) is 10.3 Å². The molecule has 112 valence electrons. The molecule has 2 aromatic rings. The highest BCUT2D eigenvalue weighted by atomic mass is 79.9. The van der Waals surface area contributed by atoms with Crippen LogP contribution < -0.4 is 5.32 Å². The number of rotatable bonds is 8. The summed E-state index contributed by atoms with van der Waals surface area (Å²) in [5, 5.41) is 3.59. The SMILES string of the molecule is CCNC(CCCc1ccccc1)Cc1cncc(Br)c1. The van der Waals surface area contributed by atoms with E-state index in [1.54, 1.807) is 0 Å². The lowest BCUT2D eigenvalue weighted by Gasteiger charge is -2.18. The van der Waals surface area contributed by atoms with Gasteiger partial charge in [-0.05, 0) is 65.4 Å². The summed E-state index contributed by atoms with van der Waals surface area (Å²) < 4.78 is 1.06. The molecule has 1 aromatic heterocycles. The van der Waals surface area contributed by atoms with Crippen LogP contribution >= 0.6 is 15.9 Å². The quantitative estimate of drug-likeness (QED) is 0.766. The molecule has 2 nitrogen and oxygen atoms in total. The number of hydrogen-bond donors (Lipinski definition) is 1. The van der Waals surface area contributed by atoms with E-state index in [4.69, 9.17) is 0 Å². The van der Waals surface area contributed by atoms with Crippen LogP contribution in [0.2, 0.25) is 0 Å². The summed E-state index contributed by atoms with van der Waals surface area (Å²) >= 11 is 3.49. The maximum atomic E-state index is 4.25. The summed E-state index contributed by atoms with van der Waals surface area (Å²) in [5.74, 6) is 0. The maximum Gasteiger partial charge on any atom is 0.0410 e. The molecule has 0 amide bonds. The standard InChI is InChI=1S/C18H23BrN2/c1-2-21-18(12-16-11-17(19)14-20-13-16)10-6-9-15-7-4-3-5-8-15/h3-5,7-8,11,13-14,18,21H,2,6,9-10,12H2,1H3. The van der Waals surface area contributed by atoms with Crippen LogP contribution in [0, 0.1) is 0 Å². The van der Waals surface area contributed by atoms with Crippen LogP contribution in [0.1, 0.15) is 30.9 Å². The Hall–Kier alpha value is -1.19. The van der Waals surface area contributed by atoms with Crippen molar-refractivity contribution < 1.29 is 0 Å². The summed E-state index contributed by atoms with van der Waals surface area (Å²) in [4.78, 5) is 4.25. The largest absolute Gasteiger partial charge is 0.314 e. The molecule has 1 heterocycles. The van der Waals surface area contributed by atoms with E-state index in [0.717, 1.165) is 23.9 Å². The second-order valence-corrected chi connectivity index (χ2v) is 6.26. The third kappa shape index (κ3) is 5.98. The van der Waals surface area contributed by atoms with Crippen LogP contribution in [-0.4, -0.2) is 17.6 Å². The predicted molar refractivity (Wildman–Crippen MR) is 92.5 cm³/mol. The van der Waals surface area contributed by atoms with Gasteiger partial charge < -0.3 is 5.32 Å². The summed E-state index contributed by atoms with van der Waals surface area (Å²) in [6, 6.07) is 13.4. The van der Waals surface area contributed by atoms with Gasteiger partial charge in [-0.25, -0.2) is 0 Å². The molecule has 0 aliphatic carbocycles. The Kier molecular flexibility index (Phi) is 6.90. The van der Waals surface area contributed by atoms with Crippen molar-refractivity contribution in [2.75, 3.05) is 6.54 Å². The smallest absolute Gasteiger partial charge is 0.0410 e. The fraction of sp³-hybridized carbons (Fsp3) is 0.389. The van der Waals surface area contributed by atoms with Crippen molar-refractivity contribution in [2.24, 2.45) is 0 Å². The molecule has 21 heavy (non-hydrogen) atoms. The van der Waals surface area contributed by atoms with Gasteiger partial charge in [0.1, 0.15) is 0 Å². The first kappa shape index (κ1) is 16.2. The van der Waals surface area contributed by atoms with Gasteiger partial charge in [-0.3, -0.25) is 4.98 Å². The first-order chi connectivity index (χ1) is 10.3. The van der Waals surface area contributed by atoms with Crippen LogP contribution in [-0.2, 0) is 12.8 Å². The van der Waals surface area contributed by atoms with Gasteiger partial charge in [0.05, 0.1) is 0 Å². The maximum absolute atomic E-state index is 4.25. The number of nitrogens with zero attached hydrogens (tertiary/aromatic N) is 1. The Morgan fingerprint density at radius 2 is 1.95 bits per heavy atom. The second kappa shape index (κ2) is 8.96. The monoisotopic (exact) mass is 346 g/mol. The Morgan fingerprint density at radius 1 is 1.14 bits per heavy atom. The molecule has 1 N–H and O–H groups in total. The fourth-order valence-corrected chi connectivity index (χ4v) is 3.03. The second-order valence-electron chi connectivity index (χ2n) is 5.35. The lowest BCUT2D eigenvalue weighted by molar-refractivity contribution is 0.476. The molecular formula is C18H23BrN2. The third-order valence-electron chi connectivity index (χ3n) is 3.60. The number of nitrogens with one attached hydrogen (secondary N) is 1. The molecule has 0 aliphatic rings. The zero-order chi connectivity index (χ0) is 14.9. The van der Waals surface area contributed by atoms with E-state index in [9.17, 15) is 0 Å². The Bertz CT molecular complexity index is 528. The average molecular weight is 347 g/mol. The zero-order valence-electron chi connectivity index (χ0n) is 12.6. The number of likely N-dealkylation sites (N-methyl/N-ethyl adjacent to an activating group) is 1. The van der Waals surface area contributed by atoms with E-state index in [2.05, 4.69) is 69.6 Å². The minimum Gasteiger partial charge on any atom is -0.314 e. The first-order valence-corrected chi connectivity index (χ1v) is 8.44. The van der Waals surface area contributed by atoms with Crippen molar-refractivity contribution in [3.63, 3.8) is 0 Å². The number of aryl methyl sites for hydroxylation is 1. The summed E-state index contributed by atoms with van der Waals surface area (Å²) in [5.41, 5.74) is 2.71. The summed E-state index contributed by atoms with van der Waals surface area (Å²) in [7, 11) is 0. The summed E-state index contributed by atoms with van der Waals surface area (Å²) in [6.45, 7) is 3.18. The molecule has 1 aromatic carbocycles. The van der Waals surface area contributed by atoms with E-state index < -0.39 is 0 Å². The highest BCUT2D eigenvalue weighted by Gasteiger charge is 2.09. The number of pyridine rings is 1. The molecule has 0 aliphatic heterocycles. The molecule has 2 rings (SSSR count). The lowest BCUT2D eigenvalue weighted by Crippen LogP contribution is -2.31. The highest BCUT2D eigenvalue weighted by molar-refractivity contribution is 9.10. The number of aromatic nitrogens is 1. The normalized spacial score (nSPS) is 12.3. The van der Waals surface area contributed by atoms with Crippen molar-refractivity contribution in [3.8, 4) is 0 Å². The molecule has 0 bridgehead atoms. The highest BCUT2D eigenvalue weighted by Crippen LogP contribution is 2.14. The third-order valence-corrected chi connectivity index (χ3v) is 4.03. The number of benzene rings is 1. The van der Waals surface area contributed by atoms with Crippen molar-refractivity contribution in [1.29, 1.82) is 0 Å². The molecule has 1 unspecified atom stereocenters. The Labute approximate surface area is 136 Å². The minimum atomic E-state index is 0.523. The van der Waals surface area contributed by atoms with E-state index in [0.29, 0.717) is 6.04 Å². The van der Waals surface area contributed by atoms with Crippen LogP contribution in [0.5, 0.6) is 0 Å². The molecule has 0 saturated heterocycles. The molecule has 3 heteroatoms. The van der Waals surface area contributed by atoms with Crippen molar-refractivity contribution >= 4 is 15.9 Å². The van der Waals surface area contributed by atoms with Gasteiger partial charge in [-0.2, -0.15) is 0 Å². The van der Waals surface area contributed by atoms with Crippen LogP contribution in [0.4, 0.5) is 0 Å². The van der Waals surface area contributed by atoms with E-state index >= 15 is 0 Å². The molecule has 1 atom stereocenters. The van der Waals surface area contributed by atoms with Crippen LogP contribution in [0.3, 0.4) is 0 Å². The van der Waals surface area contributed by atoms with Gasteiger partial charge in [0.25, 0.3) is 0 Å². The molecular weight excluding hydrogens is 324 g/mol. The van der Waals surface area contributed by atoms with Gasteiger partial charge in [0.15, 0.2) is 0 Å². The zero-order valence-corrected chi connectivity index (χ0v) is 14.1. The van der Waals surface area contributed by atoms with Crippen molar-refractivity contribution in [2.45, 2.75) is 38.6 Å². The molecule has 0 fully saturated rings. The topological polar surface area (TPSA) is 24.9 Å². The van der Waals surface area contributed by atoms with Crippen molar-refractivity contribution in [3.05, 3.63) is 64.4 Å². The fourth-order valence-electron chi connectivity index (χ4n) is 2.61. The number of hydrogen-bond acceptors (Lipinski definition) is 2. The Balaban J connectivity index is 1.84. The van der Waals surface area contributed by atoms with Crippen LogP contribution in [0.15, 0.2) is 53.3 Å².